The van der Waals surface area contributed by atoms with Gasteiger partial charge in [-0.05, 0) is 46.2 Å². The van der Waals surface area contributed by atoms with Gasteiger partial charge in [-0.15, -0.1) is 0 Å². The molecule has 104 valence electrons. The molecule has 0 saturated heterocycles. The van der Waals surface area contributed by atoms with Gasteiger partial charge < -0.3 is 4.74 Å². The second-order valence-electron chi connectivity index (χ2n) is 5.80. The Morgan fingerprint density at radius 3 is 2.43 bits per heavy atom. The highest BCUT2D eigenvalue weighted by molar-refractivity contribution is 5.83. The third kappa shape index (κ3) is 2.19. The molecule has 0 aliphatic heterocycles. The first-order valence-electron chi connectivity index (χ1n) is 7.48. The van der Waals surface area contributed by atoms with E-state index in [0.29, 0.717) is 11.8 Å². The summed E-state index contributed by atoms with van der Waals surface area (Å²) in [6.07, 6.45) is 1.22. The minimum Gasteiger partial charge on any atom is -0.496 e. The van der Waals surface area contributed by atoms with Crippen LogP contribution in [0, 0.1) is 0 Å². The van der Waals surface area contributed by atoms with Crippen molar-refractivity contribution in [3.63, 3.8) is 0 Å². The lowest BCUT2D eigenvalue weighted by Gasteiger charge is -2.08. The SMILES string of the molecule is COc1ccccc1[C@H]1C[C@@H]1c1ccc2ccccc2c1. The van der Waals surface area contributed by atoms with Gasteiger partial charge in [-0.25, -0.2) is 0 Å². The second kappa shape index (κ2) is 4.92. The number of methoxy groups -OCH3 is 1. The van der Waals surface area contributed by atoms with Crippen molar-refractivity contribution in [3.05, 3.63) is 77.9 Å². The smallest absolute Gasteiger partial charge is 0.122 e. The van der Waals surface area contributed by atoms with Crippen LogP contribution in [0.15, 0.2) is 66.7 Å². The maximum absolute atomic E-state index is 5.50. The lowest BCUT2D eigenvalue weighted by atomic mass is 10.0. The van der Waals surface area contributed by atoms with E-state index in [1.54, 1.807) is 7.11 Å². The summed E-state index contributed by atoms with van der Waals surface area (Å²) >= 11 is 0. The molecule has 1 fully saturated rings. The standard InChI is InChI=1S/C20H18O/c1-21-20-9-5-4-8-17(20)19-13-18(19)16-11-10-14-6-2-3-7-15(14)12-16/h2-12,18-19H,13H2,1H3/t18-,19-/m1/s1. The van der Waals surface area contributed by atoms with Gasteiger partial charge in [0.15, 0.2) is 0 Å². The Morgan fingerprint density at radius 1 is 0.810 bits per heavy atom. The third-order valence-corrected chi connectivity index (χ3v) is 4.53. The van der Waals surface area contributed by atoms with Crippen molar-refractivity contribution in [1.29, 1.82) is 0 Å². The molecular weight excluding hydrogens is 256 g/mol. The van der Waals surface area contributed by atoms with Crippen molar-refractivity contribution in [2.24, 2.45) is 0 Å². The maximum Gasteiger partial charge on any atom is 0.122 e. The zero-order valence-corrected chi connectivity index (χ0v) is 12.1. The number of ether oxygens (including phenoxy) is 1. The fraction of sp³-hybridized carbons (Fsp3) is 0.200. The van der Waals surface area contributed by atoms with E-state index >= 15 is 0 Å². The Morgan fingerprint density at radius 2 is 1.57 bits per heavy atom. The summed E-state index contributed by atoms with van der Waals surface area (Å²) in [4.78, 5) is 0. The Labute approximate surface area is 125 Å². The van der Waals surface area contributed by atoms with Crippen molar-refractivity contribution >= 4 is 10.8 Å². The van der Waals surface area contributed by atoms with Crippen LogP contribution in [0.3, 0.4) is 0 Å². The number of fused-ring (bicyclic) bond motifs is 1. The lowest BCUT2D eigenvalue weighted by molar-refractivity contribution is 0.409. The van der Waals surface area contributed by atoms with E-state index in [0.717, 1.165) is 5.75 Å². The number of hydrogen-bond acceptors (Lipinski definition) is 1. The molecule has 3 aromatic carbocycles. The number of hydrogen-bond donors (Lipinski definition) is 0. The van der Waals surface area contributed by atoms with Gasteiger partial charge in [0.2, 0.25) is 0 Å². The topological polar surface area (TPSA) is 9.23 Å². The van der Waals surface area contributed by atoms with Crippen LogP contribution >= 0.6 is 0 Å². The molecular formula is C20H18O. The van der Waals surface area contributed by atoms with Crippen molar-refractivity contribution in [3.8, 4) is 5.75 Å². The maximum atomic E-state index is 5.50. The quantitative estimate of drug-likeness (QED) is 0.644. The molecule has 0 N–H and O–H groups in total. The van der Waals surface area contributed by atoms with E-state index in [-0.39, 0.29) is 0 Å². The molecule has 0 bridgehead atoms. The molecule has 0 spiro atoms. The molecule has 3 aromatic rings. The van der Waals surface area contributed by atoms with E-state index in [1.807, 2.05) is 6.07 Å². The van der Waals surface area contributed by atoms with Crippen LogP contribution in [0.4, 0.5) is 0 Å². The van der Waals surface area contributed by atoms with Gasteiger partial charge >= 0.3 is 0 Å². The van der Waals surface area contributed by atoms with Gasteiger partial charge in [0.1, 0.15) is 5.75 Å². The molecule has 2 atom stereocenters. The second-order valence-corrected chi connectivity index (χ2v) is 5.80. The molecule has 1 nitrogen and oxygen atoms in total. The van der Waals surface area contributed by atoms with Crippen LogP contribution < -0.4 is 4.74 Å². The van der Waals surface area contributed by atoms with Crippen LogP contribution in [0.1, 0.15) is 29.4 Å². The highest BCUT2D eigenvalue weighted by atomic mass is 16.5. The van der Waals surface area contributed by atoms with E-state index in [2.05, 4.69) is 60.7 Å². The van der Waals surface area contributed by atoms with Crippen molar-refractivity contribution in [1.82, 2.24) is 0 Å². The predicted octanol–water partition coefficient (Wildman–Crippen LogP) is 5.12. The first-order chi connectivity index (χ1) is 10.4. The molecule has 1 saturated carbocycles. The van der Waals surface area contributed by atoms with Gasteiger partial charge in [0.25, 0.3) is 0 Å². The summed E-state index contributed by atoms with van der Waals surface area (Å²) in [7, 11) is 1.76. The van der Waals surface area contributed by atoms with Crippen molar-refractivity contribution in [2.45, 2.75) is 18.3 Å². The predicted molar refractivity (Wildman–Crippen MR) is 87.0 cm³/mol. The first-order valence-corrected chi connectivity index (χ1v) is 7.48. The van der Waals surface area contributed by atoms with Crippen LogP contribution in [0.5, 0.6) is 5.75 Å². The summed E-state index contributed by atoms with van der Waals surface area (Å²) in [5.74, 6) is 2.25. The normalized spacial score (nSPS) is 20.4. The summed E-state index contributed by atoms with van der Waals surface area (Å²) < 4.78 is 5.50. The van der Waals surface area contributed by atoms with Crippen LogP contribution in [0.2, 0.25) is 0 Å². The van der Waals surface area contributed by atoms with E-state index in [1.165, 1.54) is 28.3 Å². The minimum absolute atomic E-state index is 0.599. The molecule has 0 unspecified atom stereocenters. The average Bonchev–Trinajstić information content (AvgIpc) is 3.35. The lowest BCUT2D eigenvalue weighted by Crippen LogP contribution is -1.91. The van der Waals surface area contributed by atoms with Crippen LogP contribution in [0.25, 0.3) is 10.8 Å². The number of benzene rings is 3. The number of para-hydroxylation sites is 1. The van der Waals surface area contributed by atoms with Crippen molar-refractivity contribution < 1.29 is 4.74 Å². The fourth-order valence-electron chi connectivity index (χ4n) is 3.32. The molecule has 0 radical (unpaired) electrons. The molecule has 0 heterocycles. The van der Waals surface area contributed by atoms with Gasteiger partial charge in [0, 0.05) is 0 Å². The highest BCUT2D eigenvalue weighted by Gasteiger charge is 2.40. The molecule has 0 aromatic heterocycles. The van der Waals surface area contributed by atoms with E-state index in [9.17, 15) is 0 Å². The third-order valence-electron chi connectivity index (χ3n) is 4.53. The largest absolute Gasteiger partial charge is 0.496 e. The molecule has 4 rings (SSSR count). The summed E-state index contributed by atoms with van der Waals surface area (Å²) in [5.41, 5.74) is 2.79. The molecule has 21 heavy (non-hydrogen) atoms. The average molecular weight is 274 g/mol. The van der Waals surface area contributed by atoms with Gasteiger partial charge in [-0.1, -0.05) is 60.7 Å². The summed E-state index contributed by atoms with van der Waals surface area (Å²) in [6.45, 7) is 0. The number of rotatable bonds is 3. The van der Waals surface area contributed by atoms with E-state index < -0.39 is 0 Å². The van der Waals surface area contributed by atoms with Crippen LogP contribution in [-0.2, 0) is 0 Å². The Bertz CT molecular complexity index is 790. The van der Waals surface area contributed by atoms with Gasteiger partial charge in [0.05, 0.1) is 7.11 Å². The molecule has 1 aliphatic rings. The summed E-state index contributed by atoms with van der Waals surface area (Å²) in [5, 5.41) is 2.65. The summed E-state index contributed by atoms with van der Waals surface area (Å²) in [6, 6.07) is 23.8. The zero-order chi connectivity index (χ0) is 14.2. The Kier molecular flexibility index (Phi) is 2.92. The van der Waals surface area contributed by atoms with Crippen LogP contribution in [-0.4, -0.2) is 7.11 Å². The first kappa shape index (κ1) is 12.5. The van der Waals surface area contributed by atoms with Crippen molar-refractivity contribution in [2.75, 3.05) is 7.11 Å². The molecule has 1 aliphatic carbocycles. The fourth-order valence-corrected chi connectivity index (χ4v) is 3.32. The van der Waals surface area contributed by atoms with Gasteiger partial charge in [-0.2, -0.15) is 0 Å². The highest BCUT2D eigenvalue weighted by Crippen LogP contribution is 2.56. The van der Waals surface area contributed by atoms with Gasteiger partial charge in [-0.3, -0.25) is 0 Å². The molecule has 0 amide bonds. The minimum atomic E-state index is 0.599. The molecule has 1 heteroatoms. The Balaban J connectivity index is 1.66. The van der Waals surface area contributed by atoms with E-state index in [4.69, 9.17) is 4.74 Å². The monoisotopic (exact) mass is 274 g/mol. The zero-order valence-electron chi connectivity index (χ0n) is 12.1. The Hall–Kier alpha value is -2.28.